The van der Waals surface area contributed by atoms with Crippen molar-refractivity contribution in [3.8, 4) is 11.5 Å². The molecule has 0 saturated carbocycles. The fourth-order valence-corrected chi connectivity index (χ4v) is 3.42. The predicted molar refractivity (Wildman–Crippen MR) is 108 cm³/mol. The van der Waals surface area contributed by atoms with E-state index in [1.54, 1.807) is 30.3 Å². The summed E-state index contributed by atoms with van der Waals surface area (Å²) in [5.74, 6) is 0.938. The van der Waals surface area contributed by atoms with E-state index in [0.717, 1.165) is 4.90 Å². The van der Waals surface area contributed by atoms with Crippen LogP contribution in [0.2, 0.25) is 5.02 Å². The van der Waals surface area contributed by atoms with Crippen molar-refractivity contribution < 1.29 is 23.8 Å². The maximum absolute atomic E-state index is 12.3. The first kappa shape index (κ1) is 20.4. The number of fused-ring (bicyclic) bond motifs is 1. The molecule has 1 heterocycles. The van der Waals surface area contributed by atoms with Gasteiger partial charge in [0.15, 0.2) is 17.6 Å². The zero-order chi connectivity index (χ0) is 19.9. The van der Waals surface area contributed by atoms with Gasteiger partial charge in [0.05, 0.1) is 6.42 Å². The van der Waals surface area contributed by atoms with Crippen LogP contribution in [0.15, 0.2) is 47.4 Å². The fraction of sp³-hybridized carbons (Fsp3) is 0.300. The molecule has 6 nitrogen and oxygen atoms in total. The van der Waals surface area contributed by atoms with Gasteiger partial charge in [-0.05, 0) is 43.3 Å². The molecule has 0 aromatic heterocycles. The number of rotatable bonds is 7. The summed E-state index contributed by atoms with van der Waals surface area (Å²) in [5, 5.41) is 3.38. The van der Waals surface area contributed by atoms with Gasteiger partial charge in [-0.2, -0.15) is 0 Å². The first-order valence-corrected chi connectivity index (χ1v) is 10.2. The van der Waals surface area contributed by atoms with E-state index in [-0.39, 0.29) is 6.42 Å². The van der Waals surface area contributed by atoms with Crippen LogP contribution in [0.1, 0.15) is 13.3 Å². The van der Waals surface area contributed by atoms with Crippen LogP contribution in [0.25, 0.3) is 0 Å². The van der Waals surface area contributed by atoms with Gasteiger partial charge in [0, 0.05) is 27.4 Å². The number of hydrogen-bond donors (Lipinski definition) is 1. The molecule has 3 rings (SSSR count). The molecule has 0 radical (unpaired) electrons. The standard InChI is InChI=1S/C20H20ClNO5S/c1-13(27-19(23)8-11-28-16-5-2-14(21)3-6-16)20(24)22-15-4-7-17-18(12-15)26-10-9-25-17/h2-7,12-13H,8-11H2,1H3,(H,22,24). The van der Waals surface area contributed by atoms with Crippen LogP contribution in [0.4, 0.5) is 5.69 Å². The molecule has 1 atom stereocenters. The number of thioether (sulfide) groups is 1. The van der Waals surface area contributed by atoms with Gasteiger partial charge >= 0.3 is 5.97 Å². The van der Waals surface area contributed by atoms with Crippen LogP contribution in [0.5, 0.6) is 11.5 Å². The minimum absolute atomic E-state index is 0.203. The van der Waals surface area contributed by atoms with Crippen molar-refractivity contribution in [2.45, 2.75) is 24.3 Å². The second kappa shape index (κ2) is 9.71. The third-order valence-corrected chi connectivity index (χ3v) is 5.14. The van der Waals surface area contributed by atoms with Gasteiger partial charge in [0.1, 0.15) is 13.2 Å². The molecule has 1 N–H and O–H groups in total. The minimum atomic E-state index is -0.902. The van der Waals surface area contributed by atoms with Gasteiger partial charge in [-0.1, -0.05) is 11.6 Å². The SMILES string of the molecule is CC(OC(=O)CCSc1ccc(Cl)cc1)C(=O)Nc1ccc2c(c1)OCCO2. The number of benzene rings is 2. The van der Waals surface area contributed by atoms with Crippen LogP contribution in [-0.4, -0.2) is 36.9 Å². The van der Waals surface area contributed by atoms with E-state index in [2.05, 4.69) is 5.32 Å². The Balaban J connectivity index is 1.43. The third-order valence-electron chi connectivity index (χ3n) is 3.88. The molecule has 1 aliphatic rings. The summed E-state index contributed by atoms with van der Waals surface area (Å²) >= 11 is 7.36. The van der Waals surface area contributed by atoms with Gasteiger partial charge in [-0.3, -0.25) is 9.59 Å². The number of esters is 1. The van der Waals surface area contributed by atoms with Crippen molar-refractivity contribution in [3.63, 3.8) is 0 Å². The fourth-order valence-electron chi connectivity index (χ4n) is 2.46. The van der Waals surface area contributed by atoms with Crippen LogP contribution < -0.4 is 14.8 Å². The van der Waals surface area contributed by atoms with Crippen molar-refractivity contribution >= 4 is 40.9 Å². The molecule has 0 saturated heterocycles. The summed E-state index contributed by atoms with van der Waals surface area (Å²) in [6.07, 6.45) is -0.698. The van der Waals surface area contributed by atoms with Gasteiger partial charge in [-0.15, -0.1) is 11.8 Å². The van der Waals surface area contributed by atoms with E-state index in [0.29, 0.717) is 41.2 Å². The van der Waals surface area contributed by atoms with Crippen molar-refractivity contribution in [2.24, 2.45) is 0 Å². The molecule has 0 bridgehead atoms. The Hall–Kier alpha value is -2.38. The summed E-state index contributed by atoms with van der Waals surface area (Å²) in [5.41, 5.74) is 0.551. The molecule has 1 amide bonds. The third kappa shape index (κ3) is 5.81. The summed E-state index contributed by atoms with van der Waals surface area (Å²) < 4.78 is 16.1. The predicted octanol–water partition coefficient (Wildman–Crippen LogP) is 4.16. The lowest BCUT2D eigenvalue weighted by molar-refractivity contribution is -0.152. The summed E-state index contributed by atoms with van der Waals surface area (Å²) in [4.78, 5) is 25.3. The molecule has 148 valence electrons. The zero-order valence-electron chi connectivity index (χ0n) is 15.3. The van der Waals surface area contributed by atoms with Crippen LogP contribution in [0.3, 0.4) is 0 Å². The monoisotopic (exact) mass is 421 g/mol. The smallest absolute Gasteiger partial charge is 0.307 e. The Bertz CT molecular complexity index is 843. The lowest BCUT2D eigenvalue weighted by atomic mass is 10.2. The van der Waals surface area contributed by atoms with Gasteiger partial charge < -0.3 is 19.5 Å². The zero-order valence-corrected chi connectivity index (χ0v) is 16.8. The van der Waals surface area contributed by atoms with Crippen molar-refractivity contribution in [3.05, 3.63) is 47.5 Å². The Morgan fingerprint density at radius 3 is 2.61 bits per heavy atom. The Morgan fingerprint density at radius 1 is 1.14 bits per heavy atom. The average molecular weight is 422 g/mol. The maximum Gasteiger partial charge on any atom is 0.307 e. The Kier molecular flexibility index (Phi) is 7.06. The highest BCUT2D eigenvalue weighted by Gasteiger charge is 2.19. The number of carbonyl (C=O) groups excluding carboxylic acids is 2. The van der Waals surface area contributed by atoms with Crippen LogP contribution in [-0.2, 0) is 14.3 Å². The number of halogens is 1. The Labute approximate surface area is 172 Å². The largest absolute Gasteiger partial charge is 0.486 e. The number of carbonyl (C=O) groups is 2. The quantitative estimate of drug-likeness (QED) is 0.534. The molecule has 1 aliphatic heterocycles. The number of nitrogens with one attached hydrogen (secondary N) is 1. The number of amides is 1. The second-order valence-corrected chi connectivity index (χ2v) is 7.64. The molecular formula is C20H20ClNO5S. The Morgan fingerprint density at radius 2 is 1.86 bits per heavy atom. The molecule has 0 fully saturated rings. The topological polar surface area (TPSA) is 73.9 Å². The van der Waals surface area contributed by atoms with E-state index in [9.17, 15) is 9.59 Å². The molecule has 1 unspecified atom stereocenters. The highest BCUT2D eigenvalue weighted by atomic mass is 35.5. The van der Waals surface area contributed by atoms with Gasteiger partial charge in [0.2, 0.25) is 0 Å². The van der Waals surface area contributed by atoms with E-state index in [1.807, 2.05) is 12.1 Å². The van der Waals surface area contributed by atoms with Gasteiger partial charge in [0.25, 0.3) is 5.91 Å². The van der Waals surface area contributed by atoms with E-state index in [4.69, 9.17) is 25.8 Å². The normalized spacial score (nSPS) is 13.5. The highest BCUT2D eigenvalue weighted by molar-refractivity contribution is 7.99. The van der Waals surface area contributed by atoms with E-state index in [1.165, 1.54) is 18.7 Å². The number of hydrogen-bond acceptors (Lipinski definition) is 6. The van der Waals surface area contributed by atoms with E-state index >= 15 is 0 Å². The molecule has 8 heteroatoms. The minimum Gasteiger partial charge on any atom is -0.486 e. The van der Waals surface area contributed by atoms with Crippen molar-refractivity contribution in [1.82, 2.24) is 0 Å². The first-order chi connectivity index (χ1) is 13.5. The molecule has 2 aromatic rings. The second-order valence-electron chi connectivity index (χ2n) is 6.03. The summed E-state index contributed by atoms with van der Waals surface area (Å²) in [6, 6.07) is 12.5. The van der Waals surface area contributed by atoms with E-state index < -0.39 is 18.0 Å². The maximum atomic E-state index is 12.3. The average Bonchev–Trinajstić information content (AvgIpc) is 2.69. The number of anilines is 1. The number of ether oxygens (including phenoxy) is 3. The lowest BCUT2D eigenvalue weighted by Gasteiger charge is -2.19. The molecule has 28 heavy (non-hydrogen) atoms. The van der Waals surface area contributed by atoms with Crippen LogP contribution >= 0.6 is 23.4 Å². The van der Waals surface area contributed by atoms with Crippen molar-refractivity contribution in [2.75, 3.05) is 24.3 Å². The lowest BCUT2D eigenvalue weighted by Crippen LogP contribution is -2.30. The molecule has 2 aromatic carbocycles. The first-order valence-electron chi connectivity index (χ1n) is 8.79. The highest BCUT2D eigenvalue weighted by Crippen LogP contribution is 2.32. The summed E-state index contributed by atoms with van der Waals surface area (Å²) in [6.45, 7) is 2.51. The molecule has 0 aliphatic carbocycles. The molecule has 0 spiro atoms. The summed E-state index contributed by atoms with van der Waals surface area (Å²) in [7, 11) is 0. The molecular weight excluding hydrogens is 402 g/mol. The van der Waals surface area contributed by atoms with Crippen LogP contribution in [0, 0.1) is 0 Å². The van der Waals surface area contributed by atoms with Gasteiger partial charge in [-0.25, -0.2) is 0 Å². The van der Waals surface area contributed by atoms with Crippen molar-refractivity contribution in [1.29, 1.82) is 0 Å².